The number of ether oxygens (including phenoxy) is 1. The van der Waals surface area contributed by atoms with E-state index in [1.165, 1.54) is 0 Å². The van der Waals surface area contributed by atoms with Crippen LogP contribution in [0.1, 0.15) is 62.3 Å². The quantitative estimate of drug-likeness (QED) is 0.376. The summed E-state index contributed by atoms with van der Waals surface area (Å²) in [6.45, 7) is 19.0. The van der Waals surface area contributed by atoms with Crippen LogP contribution in [0.25, 0.3) is 0 Å². The van der Waals surface area contributed by atoms with Gasteiger partial charge in [0.25, 0.3) is 0 Å². The topological polar surface area (TPSA) is 26.3 Å². The van der Waals surface area contributed by atoms with E-state index in [-0.39, 0.29) is 23.4 Å². The summed E-state index contributed by atoms with van der Waals surface area (Å²) in [4.78, 5) is 12.5. The van der Waals surface area contributed by atoms with Gasteiger partial charge in [0.1, 0.15) is 6.10 Å². The molecule has 0 amide bonds. The molecule has 0 fully saturated rings. The Balaban J connectivity index is 5.00. The highest BCUT2D eigenvalue weighted by atomic mass is 127. The zero-order valence-corrected chi connectivity index (χ0v) is 16.2. The summed E-state index contributed by atoms with van der Waals surface area (Å²) >= 11 is 2.34. The van der Waals surface area contributed by atoms with Crippen molar-refractivity contribution in [3.05, 3.63) is 0 Å². The number of carbonyl (C=O) groups is 1. The number of esters is 1. The predicted octanol–water partition coefficient (Wildman–Crippen LogP) is 5.09. The fourth-order valence-electron chi connectivity index (χ4n) is 2.29. The summed E-state index contributed by atoms with van der Waals surface area (Å²) in [5.74, 6) is 0.526. The van der Waals surface area contributed by atoms with E-state index in [0.717, 1.165) is 0 Å². The summed E-state index contributed by atoms with van der Waals surface area (Å²) in [6.07, 6.45) is -0.0143. The van der Waals surface area contributed by atoms with Crippen LogP contribution in [0.5, 0.6) is 0 Å². The molecular weight excluding hydrogens is 351 g/mol. The Morgan fingerprint density at radius 3 is 1.68 bits per heavy atom. The number of hydrogen-bond donors (Lipinski definition) is 0. The molecule has 0 spiro atoms. The van der Waals surface area contributed by atoms with Gasteiger partial charge in [0.15, 0.2) is 0 Å². The minimum absolute atomic E-state index is 0.0143. The number of rotatable bonds is 5. The molecule has 3 atom stereocenters. The van der Waals surface area contributed by atoms with Gasteiger partial charge in [-0.05, 0) is 38.0 Å². The van der Waals surface area contributed by atoms with Crippen LogP contribution in [0.2, 0.25) is 0 Å². The summed E-state index contributed by atoms with van der Waals surface area (Å²) < 4.78 is 6.13. The van der Waals surface area contributed by atoms with Crippen LogP contribution in [0.4, 0.5) is 0 Å². The van der Waals surface area contributed by atoms with Gasteiger partial charge in [-0.1, -0.05) is 64.1 Å². The second kappa shape index (κ2) is 6.77. The molecule has 0 heterocycles. The molecule has 0 rings (SSSR count). The van der Waals surface area contributed by atoms with Crippen molar-refractivity contribution in [3.8, 4) is 0 Å². The molecule has 0 saturated carbocycles. The predicted molar refractivity (Wildman–Crippen MR) is 90.6 cm³/mol. The molecule has 0 saturated heterocycles. The van der Waals surface area contributed by atoms with Crippen molar-refractivity contribution in [3.63, 3.8) is 0 Å². The molecule has 3 unspecified atom stereocenters. The molecule has 0 aliphatic carbocycles. The van der Waals surface area contributed by atoms with Crippen LogP contribution in [0, 0.1) is 22.7 Å². The lowest BCUT2D eigenvalue weighted by molar-refractivity contribution is -0.167. The Hall–Kier alpha value is 0.200. The van der Waals surface area contributed by atoms with E-state index < -0.39 is 5.41 Å². The van der Waals surface area contributed by atoms with Gasteiger partial charge in [-0.25, -0.2) is 0 Å². The van der Waals surface area contributed by atoms with Crippen LogP contribution in [0.15, 0.2) is 0 Å². The van der Waals surface area contributed by atoms with Crippen LogP contribution < -0.4 is 0 Å². The minimum Gasteiger partial charge on any atom is -0.461 e. The molecule has 114 valence electrons. The van der Waals surface area contributed by atoms with Gasteiger partial charge in [0, 0.05) is 3.92 Å². The Labute approximate surface area is 133 Å². The van der Waals surface area contributed by atoms with Crippen molar-refractivity contribution in [1.29, 1.82) is 0 Å². The Morgan fingerprint density at radius 1 is 1.00 bits per heavy atom. The van der Waals surface area contributed by atoms with Crippen molar-refractivity contribution >= 4 is 28.6 Å². The van der Waals surface area contributed by atoms with E-state index in [2.05, 4.69) is 71.1 Å². The highest BCUT2D eigenvalue weighted by molar-refractivity contribution is 14.1. The van der Waals surface area contributed by atoms with Crippen molar-refractivity contribution in [1.82, 2.24) is 0 Å². The zero-order chi connectivity index (χ0) is 15.6. The van der Waals surface area contributed by atoms with E-state index in [4.69, 9.17) is 4.74 Å². The third-order valence-corrected chi connectivity index (χ3v) is 4.97. The first-order chi connectivity index (χ1) is 8.31. The van der Waals surface area contributed by atoms with E-state index in [1.807, 2.05) is 13.8 Å². The number of carbonyl (C=O) groups excluding carboxylic acids is 1. The molecule has 3 heteroatoms. The van der Waals surface area contributed by atoms with Gasteiger partial charge in [0.2, 0.25) is 0 Å². The van der Waals surface area contributed by atoms with Crippen molar-refractivity contribution < 1.29 is 9.53 Å². The Morgan fingerprint density at radius 2 is 1.42 bits per heavy atom. The maximum absolute atomic E-state index is 12.5. The third-order valence-electron chi connectivity index (χ3n) is 4.26. The monoisotopic (exact) mass is 382 g/mol. The first-order valence-electron chi connectivity index (χ1n) is 7.17. The molecule has 2 nitrogen and oxygen atoms in total. The minimum atomic E-state index is -0.461. The second-order valence-corrected chi connectivity index (χ2v) is 9.57. The normalized spacial score (nSPS) is 18.1. The fourth-order valence-corrected chi connectivity index (χ4v) is 3.27. The van der Waals surface area contributed by atoms with Crippen LogP contribution >= 0.6 is 22.6 Å². The van der Waals surface area contributed by atoms with Gasteiger partial charge in [-0.15, -0.1) is 0 Å². The standard InChI is InChI=1S/C16H31IO2/c1-10(2)13(11(3)17)19-14(18)16(8,9)12(4)15(5,6)7/h10-13H,1-9H3. The summed E-state index contributed by atoms with van der Waals surface area (Å²) in [5.41, 5.74) is -0.372. The van der Waals surface area contributed by atoms with Gasteiger partial charge < -0.3 is 4.74 Å². The third kappa shape index (κ3) is 5.24. The van der Waals surface area contributed by atoms with Crippen LogP contribution in [-0.2, 0) is 9.53 Å². The van der Waals surface area contributed by atoms with E-state index in [9.17, 15) is 4.79 Å². The molecular formula is C16H31IO2. The fraction of sp³-hybridized carbons (Fsp3) is 0.938. The van der Waals surface area contributed by atoms with Crippen molar-refractivity contribution in [2.24, 2.45) is 22.7 Å². The summed E-state index contributed by atoms with van der Waals surface area (Å²) in [5, 5.41) is 0. The average molecular weight is 382 g/mol. The highest BCUT2D eigenvalue weighted by Gasteiger charge is 2.42. The van der Waals surface area contributed by atoms with E-state index >= 15 is 0 Å². The van der Waals surface area contributed by atoms with Crippen molar-refractivity contribution in [2.45, 2.75) is 72.3 Å². The molecule has 0 aromatic rings. The zero-order valence-electron chi connectivity index (χ0n) is 14.0. The molecule has 0 N–H and O–H groups in total. The number of halogens is 1. The first-order valence-corrected chi connectivity index (χ1v) is 8.41. The van der Waals surface area contributed by atoms with Crippen LogP contribution in [0.3, 0.4) is 0 Å². The van der Waals surface area contributed by atoms with Gasteiger partial charge in [-0.3, -0.25) is 4.79 Å². The lowest BCUT2D eigenvalue weighted by Crippen LogP contribution is -2.43. The molecule has 0 radical (unpaired) electrons. The molecule has 0 aliphatic heterocycles. The largest absolute Gasteiger partial charge is 0.461 e. The van der Waals surface area contributed by atoms with Gasteiger partial charge in [-0.2, -0.15) is 0 Å². The van der Waals surface area contributed by atoms with E-state index in [1.54, 1.807) is 0 Å². The first kappa shape index (κ1) is 19.2. The second-order valence-electron chi connectivity index (χ2n) is 7.60. The number of hydrogen-bond acceptors (Lipinski definition) is 2. The highest BCUT2D eigenvalue weighted by Crippen LogP contribution is 2.41. The molecule has 19 heavy (non-hydrogen) atoms. The summed E-state index contributed by atoms with van der Waals surface area (Å²) in [6, 6.07) is 0. The lowest BCUT2D eigenvalue weighted by atomic mass is 9.67. The lowest BCUT2D eigenvalue weighted by Gasteiger charge is -2.40. The number of alkyl halides is 1. The average Bonchev–Trinajstić information content (AvgIpc) is 2.21. The van der Waals surface area contributed by atoms with Gasteiger partial charge in [0.05, 0.1) is 5.41 Å². The Bertz CT molecular complexity index is 292. The summed E-state index contributed by atoms with van der Waals surface area (Å²) in [7, 11) is 0. The van der Waals surface area contributed by atoms with Gasteiger partial charge >= 0.3 is 5.97 Å². The molecule has 0 aromatic carbocycles. The maximum Gasteiger partial charge on any atom is 0.312 e. The maximum atomic E-state index is 12.5. The van der Waals surface area contributed by atoms with Crippen LogP contribution in [-0.4, -0.2) is 16.0 Å². The van der Waals surface area contributed by atoms with Crippen molar-refractivity contribution in [2.75, 3.05) is 0 Å². The smallest absolute Gasteiger partial charge is 0.312 e. The Kier molecular flexibility index (Phi) is 6.84. The van der Waals surface area contributed by atoms with E-state index in [0.29, 0.717) is 9.84 Å². The SMILES string of the molecule is CC(C)C(OC(=O)C(C)(C)C(C)C(C)(C)C)C(C)I. The molecule has 0 aromatic heterocycles. The molecule has 0 bridgehead atoms. The molecule has 0 aliphatic rings.